The molecule has 1 saturated heterocycles. The monoisotopic (exact) mass is 459 g/mol. The number of anilines is 2. The molecule has 1 aromatic carbocycles. The standard InChI is InChI=1S/C22H26FN5O5/c1-25-6-11-4-3-5-12-7-27(8-13(11)12)19-16(23)17(24)15-18-21(19)32-10-26(2)28(18)9-14(20(15)29)33-22(30)31/h3-4,9,11-13,25H,5-8,10,24H2,1-2H3,(H,30,31). The molecule has 3 heterocycles. The molecule has 0 amide bonds. The first-order valence-electron chi connectivity index (χ1n) is 10.8. The largest absolute Gasteiger partial charge is 0.511 e. The molecule has 10 nitrogen and oxygen atoms in total. The van der Waals surface area contributed by atoms with Crippen LogP contribution < -0.4 is 35.9 Å². The van der Waals surface area contributed by atoms with E-state index in [9.17, 15) is 9.59 Å². The van der Waals surface area contributed by atoms with E-state index >= 15 is 4.39 Å². The van der Waals surface area contributed by atoms with E-state index in [4.69, 9.17) is 15.6 Å². The summed E-state index contributed by atoms with van der Waals surface area (Å²) in [6.07, 6.45) is 4.96. The van der Waals surface area contributed by atoms with Gasteiger partial charge in [-0.25, -0.2) is 9.18 Å². The summed E-state index contributed by atoms with van der Waals surface area (Å²) < 4.78 is 27.9. The maximum Gasteiger partial charge on any atom is 0.511 e. The second-order valence-electron chi connectivity index (χ2n) is 8.81. The number of carbonyl (C=O) groups is 1. The number of ether oxygens (including phenoxy) is 2. The van der Waals surface area contributed by atoms with Crippen LogP contribution in [-0.4, -0.2) is 56.4 Å². The Morgan fingerprint density at radius 2 is 2.21 bits per heavy atom. The Morgan fingerprint density at radius 1 is 1.42 bits per heavy atom. The summed E-state index contributed by atoms with van der Waals surface area (Å²) >= 11 is 0. The first-order chi connectivity index (χ1) is 15.8. The van der Waals surface area contributed by atoms with Crippen molar-refractivity contribution in [3.05, 3.63) is 34.4 Å². The molecule has 176 valence electrons. The molecule has 1 fully saturated rings. The Bertz CT molecular complexity index is 1230. The molecule has 33 heavy (non-hydrogen) atoms. The second kappa shape index (κ2) is 7.84. The number of nitrogens with zero attached hydrogens (tertiary/aromatic N) is 3. The lowest BCUT2D eigenvalue weighted by Gasteiger charge is -2.34. The number of rotatable bonds is 4. The van der Waals surface area contributed by atoms with Crippen LogP contribution in [0.4, 0.5) is 20.6 Å². The topological polar surface area (TPSA) is 122 Å². The van der Waals surface area contributed by atoms with Crippen molar-refractivity contribution in [2.24, 2.45) is 17.8 Å². The second-order valence-corrected chi connectivity index (χ2v) is 8.81. The number of pyridine rings is 1. The maximum absolute atomic E-state index is 15.8. The number of nitrogens with one attached hydrogen (secondary N) is 1. The van der Waals surface area contributed by atoms with Gasteiger partial charge in [0.15, 0.2) is 18.3 Å². The molecule has 0 bridgehead atoms. The SMILES string of the molecule is CNCC1C=CCC2CN(c3c(F)c(N)c4c(=O)c(OC(=O)O)cn5c4c3OCN5C)CC12. The van der Waals surface area contributed by atoms with Crippen molar-refractivity contribution in [3.8, 4) is 11.5 Å². The van der Waals surface area contributed by atoms with E-state index in [-0.39, 0.29) is 29.2 Å². The molecule has 11 heteroatoms. The molecule has 1 aromatic heterocycles. The third-order valence-electron chi connectivity index (χ3n) is 6.88. The van der Waals surface area contributed by atoms with Gasteiger partial charge in [-0.05, 0) is 31.2 Å². The zero-order chi connectivity index (χ0) is 23.4. The van der Waals surface area contributed by atoms with Gasteiger partial charge in [0.1, 0.15) is 11.2 Å². The Kier molecular flexibility index (Phi) is 5.08. The first-order valence-corrected chi connectivity index (χ1v) is 10.8. The normalized spacial score (nSPS) is 23.5. The zero-order valence-electron chi connectivity index (χ0n) is 18.4. The van der Waals surface area contributed by atoms with E-state index < -0.39 is 23.2 Å². The summed E-state index contributed by atoms with van der Waals surface area (Å²) in [5.41, 5.74) is 5.53. The van der Waals surface area contributed by atoms with Gasteiger partial charge in [-0.3, -0.25) is 14.5 Å². The highest BCUT2D eigenvalue weighted by molar-refractivity contribution is 6.01. The summed E-state index contributed by atoms with van der Waals surface area (Å²) in [4.78, 5) is 26.0. The van der Waals surface area contributed by atoms with Crippen molar-refractivity contribution >= 4 is 28.4 Å². The third kappa shape index (κ3) is 3.26. The number of fused-ring (bicyclic) bond motifs is 1. The number of carboxylic acid groups (broad SMARTS) is 1. The van der Waals surface area contributed by atoms with Crippen molar-refractivity contribution in [1.82, 2.24) is 9.99 Å². The summed E-state index contributed by atoms with van der Waals surface area (Å²) in [6.45, 7) is 2.19. The van der Waals surface area contributed by atoms with Crippen molar-refractivity contribution in [1.29, 1.82) is 0 Å². The van der Waals surface area contributed by atoms with Gasteiger partial charge in [0.05, 0.1) is 17.3 Å². The lowest BCUT2D eigenvalue weighted by atomic mass is 9.78. The molecule has 3 aliphatic rings. The van der Waals surface area contributed by atoms with Crippen molar-refractivity contribution in [2.75, 3.05) is 56.1 Å². The fourth-order valence-corrected chi connectivity index (χ4v) is 5.41. The molecule has 1 aliphatic carbocycles. The van der Waals surface area contributed by atoms with Gasteiger partial charge in [0.2, 0.25) is 11.2 Å². The van der Waals surface area contributed by atoms with Crippen LogP contribution in [-0.2, 0) is 0 Å². The van der Waals surface area contributed by atoms with Crippen LogP contribution in [0.15, 0.2) is 23.1 Å². The van der Waals surface area contributed by atoms with E-state index in [2.05, 4.69) is 22.2 Å². The quantitative estimate of drug-likeness (QED) is 0.355. The molecule has 4 N–H and O–H groups in total. The third-order valence-corrected chi connectivity index (χ3v) is 6.88. The molecule has 0 saturated carbocycles. The molecule has 2 aromatic rings. The van der Waals surface area contributed by atoms with Crippen LogP contribution >= 0.6 is 0 Å². The fourth-order valence-electron chi connectivity index (χ4n) is 5.41. The molecule has 5 rings (SSSR count). The van der Waals surface area contributed by atoms with E-state index in [0.29, 0.717) is 36.4 Å². The summed E-state index contributed by atoms with van der Waals surface area (Å²) in [6, 6.07) is 0. The van der Waals surface area contributed by atoms with Crippen LogP contribution in [0.2, 0.25) is 0 Å². The van der Waals surface area contributed by atoms with Gasteiger partial charge in [0, 0.05) is 26.7 Å². The fraction of sp³-hybridized carbons (Fsp3) is 0.455. The van der Waals surface area contributed by atoms with Crippen molar-refractivity contribution in [3.63, 3.8) is 0 Å². The van der Waals surface area contributed by atoms with E-state index in [1.54, 1.807) is 12.1 Å². The van der Waals surface area contributed by atoms with E-state index in [0.717, 1.165) is 13.0 Å². The number of nitrogens with two attached hydrogens (primary N) is 1. The Hall–Kier alpha value is -3.47. The maximum atomic E-state index is 15.8. The van der Waals surface area contributed by atoms with Gasteiger partial charge >= 0.3 is 6.16 Å². The summed E-state index contributed by atoms with van der Waals surface area (Å²) in [7, 11) is 3.61. The lowest BCUT2D eigenvalue weighted by Crippen LogP contribution is -2.39. The predicted molar refractivity (Wildman–Crippen MR) is 121 cm³/mol. The molecule has 0 spiro atoms. The van der Waals surface area contributed by atoms with Gasteiger partial charge < -0.3 is 30.5 Å². The number of nitrogen functional groups attached to an aromatic ring is 1. The molecule has 2 aliphatic heterocycles. The highest BCUT2D eigenvalue weighted by Crippen LogP contribution is 2.47. The number of halogens is 1. The molecular formula is C22H26FN5O5. The molecule has 3 atom stereocenters. The average Bonchev–Trinajstić information content (AvgIpc) is 3.20. The Balaban J connectivity index is 1.68. The van der Waals surface area contributed by atoms with Gasteiger partial charge in [-0.15, -0.1) is 0 Å². The van der Waals surface area contributed by atoms with E-state index in [1.165, 1.54) is 10.9 Å². The molecular weight excluding hydrogens is 433 g/mol. The smallest absolute Gasteiger partial charge is 0.467 e. The van der Waals surface area contributed by atoms with Crippen LogP contribution in [0.25, 0.3) is 10.9 Å². The highest BCUT2D eigenvalue weighted by atomic mass is 19.1. The lowest BCUT2D eigenvalue weighted by molar-refractivity contribution is 0.143. The minimum absolute atomic E-state index is 0.0679. The number of allylic oxidation sites excluding steroid dienone is 1. The summed E-state index contributed by atoms with van der Waals surface area (Å²) in [5.74, 6) is 0.0987. The summed E-state index contributed by atoms with van der Waals surface area (Å²) in [5, 5.41) is 13.7. The van der Waals surface area contributed by atoms with Gasteiger partial charge in [-0.2, -0.15) is 0 Å². The van der Waals surface area contributed by atoms with Crippen LogP contribution in [0, 0.1) is 23.6 Å². The highest BCUT2D eigenvalue weighted by Gasteiger charge is 2.41. The van der Waals surface area contributed by atoms with Crippen molar-refractivity contribution < 1.29 is 23.8 Å². The number of hydrogen-bond acceptors (Lipinski definition) is 8. The van der Waals surface area contributed by atoms with Crippen LogP contribution in [0.5, 0.6) is 11.5 Å². The van der Waals surface area contributed by atoms with Crippen molar-refractivity contribution in [2.45, 2.75) is 6.42 Å². The predicted octanol–water partition coefficient (Wildman–Crippen LogP) is 1.55. The molecule has 0 radical (unpaired) electrons. The minimum atomic E-state index is -1.64. The number of hydrogen-bond donors (Lipinski definition) is 3. The Labute approximate surface area is 188 Å². The first kappa shape index (κ1) is 21.4. The number of benzene rings is 1. The molecule has 3 unspecified atom stereocenters. The number of aromatic nitrogens is 1. The minimum Gasteiger partial charge on any atom is -0.467 e. The Morgan fingerprint density at radius 3 is 2.94 bits per heavy atom. The van der Waals surface area contributed by atoms with Crippen LogP contribution in [0.3, 0.4) is 0 Å². The van der Waals surface area contributed by atoms with E-state index in [1.807, 2.05) is 11.9 Å². The van der Waals surface area contributed by atoms with Gasteiger partial charge in [-0.1, -0.05) is 12.2 Å². The van der Waals surface area contributed by atoms with Gasteiger partial charge in [0.25, 0.3) is 0 Å². The average molecular weight is 459 g/mol. The van der Waals surface area contributed by atoms with Crippen LogP contribution in [0.1, 0.15) is 6.42 Å². The zero-order valence-corrected chi connectivity index (χ0v) is 18.4.